The van der Waals surface area contributed by atoms with Crippen molar-refractivity contribution in [3.05, 3.63) is 52.4 Å². The fourth-order valence-corrected chi connectivity index (χ4v) is 1.87. The molecule has 0 fully saturated rings. The van der Waals surface area contributed by atoms with Crippen molar-refractivity contribution in [2.45, 2.75) is 12.5 Å². The van der Waals surface area contributed by atoms with Crippen LogP contribution in [0.15, 0.2) is 41.1 Å². The highest BCUT2D eigenvalue weighted by Gasteiger charge is 2.10. The quantitative estimate of drug-likeness (QED) is 0.943. The molecule has 0 saturated carbocycles. The first kappa shape index (κ1) is 13.0. The second-order valence-corrected chi connectivity index (χ2v) is 4.74. The maximum atomic E-state index is 10.1. The molecule has 0 aliphatic heterocycles. The van der Waals surface area contributed by atoms with E-state index in [4.69, 9.17) is 4.74 Å². The number of hydrogen-bond donors (Lipinski definition) is 1. The van der Waals surface area contributed by atoms with E-state index in [0.717, 1.165) is 15.7 Å². The van der Waals surface area contributed by atoms with Crippen molar-refractivity contribution in [3.8, 4) is 5.88 Å². The fraction of sp³-hybridized carbons (Fsp3) is 0.231. The van der Waals surface area contributed by atoms with Crippen LogP contribution < -0.4 is 4.74 Å². The van der Waals surface area contributed by atoms with E-state index in [2.05, 4.69) is 25.9 Å². The maximum Gasteiger partial charge on any atom is 0.216 e. The minimum absolute atomic E-state index is 0.431. The molecule has 1 aromatic carbocycles. The van der Waals surface area contributed by atoms with Crippen molar-refractivity contribution in [2.24, 2.45) is 0 Å². The Morgan fingerprint density at radius 1 is 1.28 bits per heavy atom. The van der Waals surface area contributed by atoms with Gasteiger partial charge < -0.3 is 9.84 Å². The maximum absolute atomic E-state index is 10.1. The first-order valence-electron chi connectivity index (χ1n) is 5.47. The van der Waals surface area contributed by atoms with E-state index in [1.807, 2.05) is 24.3 Å². The molecule has 4 nitrogen and oxygen atoms in total. The molecule has 2 aromatic rings. The van der Waals surface area contributed by atoms with Crippen LogP contribution in [-0.2, 0) is 6.42 Å². The van der Waals surface area contributed by atoms with Gasteiger partial charge in [0.15, 0.2) is 0 Å². The zero-order chi connectivity index (χ0) is 13.0. The van der Waals surface area contributed by atoms with E-state index in [9.17, 15) is 5.11 Å². The topological polar surface area (TPSA) is 55.2 Å². The van der Waals surface area contributed by atoms with Gasteiger partial charge in [0.1, 0.15) is 6.33 Å². The van der Waals surface area contributed by atoms with Crippen LogP contribution in [-0.4, -0.2) is 22.2 Å². The summed E-state index contributed by atoms with van der Waals surface area (Å²) < 4.78 is 6.01. The lowest BCUT2D eigenvalue weighted by Crippen LogP contribution is -2.04. The molecular formula is C13H13BrN2O2. The van der Waals surface area contributed by atoms with Crippen molar-refractivity contribution in [2.75, 3.05) is 7.11 Å². The normalized spacial score (nSPS) is 12.2. The number of nitrogens with zero attached hydrogens (tertiary/aromatic N) is 2. The van der Waals surface area contributed by atoms with Crippen LogP contribution in [0.4, 0.5) is 0 Å². The van der Waals surface area contributed by atoms with E-state index in [1.54, 1.807) is 13.2 Å². The van der Waals surface area contributed by atoms with Gasteiger partial charge in [0.05, 0.1) is 18.9 Å². The molecule has 1 aromatic heterocycles. The van der Waals surface area contributed by atoms with E-state index < -0.39 is 6.10 Å². The highest BCUT2D eigenvalue weighted by molar-refractivity contribution is 9.10. The molecule has 0 aliphatic carbocycles. The molecule has 0 saturated heterocycles. The summed E-state index contributed by atoms with van der Waals surface area (Å²) in [6.45, 7) is 0. The van der Waals surface area contributed by atoms with Crippen LogP contribution in [0, 0.1) is 0 Å². The zero-order valence-corrected chi connectivity index (χ0v) is 11.5. The number of methoxy groups -OCH3 is 1. The Morgan fingerprint density at radius 2 is 2.00 bits per heavy atom. The Kier molecular flexibility index (Phi) is 4.28. The highest BCUT2D eigenvalue weighted by Crippen LogP contribution is 2.20. The number of benzene rings is 1. The van der Waals surface area contributed by atoms with Crippen molar-refractivity contribution >= 4 is 15.9 Å². The van der Waals surface area contributed by atoms with Crippen LogP contribution in [0.3, 0.4) is 0 Å². The summed E-state index contributed by atoms with van der Waals surface area (Å²) in [6.07, 6.45) is 1.28. The molecule has 94 valence electrons. The molecule has 1 heterocycles. The number of rotatable bonds is 4. The van der Waals surface area contributed by atoms with E-state index in [1.165, 1.54) is 6.33 Å². The van der Waals surface area contributed by atoms with Gasteiger partial charge in [0, 0.05) is 17.0 Å². The molecule has 0 radical (unpaired) electrons. The Bertz CT molecular complexity index is 517. The summed E-state index contributed by atoms with van der Waals surface area (Å²) >= 11 is 3.36. The lowest BCUT2D eigenvalue weighted by Gasteiger charge is -2.10. The van der Waals surface area contributed by atoms with Crippen molar-refractivity contribution in [1.29, 1.82) is 0 Å². The molecule has 1 atom stereocenters. The number of hydrogen-bond acceptors (Lipinski definition) is 4. The SMILES string of the molecule is COc1cc(CC(O)c2ccc(Br)cc2)ncn1. The van der Waals surface area contributed by atoms with Crippen LogP contribution in [0.5, 0.6) is 5.88 Å². The van der Waals surface area contributed by atoms with E-state index >= 15 is 0 Å². The summed E-state index contributed by atoms with van der Waals surface area (Å²) in [6, 6.07) is 9.29. The second kappa shape index (κ2) is 5.93. The summed E-state index contributed by atoms with van der Waals surface area (Å²) in [5, 5.41) is 10.1. The minimum atomic E-state index is -0.585. The first-order valence-corrected chi connectivity index (χ1v) is 6.27. The van der Waals surface area contributed by atoms with Crippen LogP contribution >= 0.6 is 15.9 Å². The smallest absolute Gasteiger partial charge is 0.216 e. The average molecular weight is 309 g/mol. The Morgan fingerprint density at radius 3 is 2.67 bits per heavy atom. The minimum Gasteiger partial charge on any atom is -0.481 e. The van der Waals surface area contributed by atoms with Crippen molar-refractivity contribution < 1.29 is 9.84 Å². The van der Waals surface area contributed by atoms with Crippen LogP contribution in [0.25, 0.3) is 0 Å². The third-order valence-corrected chi connectivity index (χ3v) is 3.09. The molecule has 5 heteroatoms. The molecule has 0 spiro atoms. The number of aliphatic hydroxyl groups is 1. The number of aliphatic hydroxyl groups excluding tert-OH is 1. The fourth-order valence-electron chi connectivity index (χ4n) is 1.60. The van der Waals surface area contributed by atoms with Gasteiger partial charge in [0.2, 0.25) is 5.88 Å². The molecular weight excluding hydrogens is 296 g/mol. The van der Waals surface area contributed by atoms with E-state index in [0.29, 0.717) is 12.3 Å². The van der Waals surface area contributed by atoms with Gasteiger partial charge in [-0.25, -0.2) is 9.97 Å². The van der Waals surface area contributed by atoms with Gasteiger partial charge in [-0.1, -0.05) is 28.1 Å². The van der Waals surface area contributed by atoms with Crippen LogP contribution in [0.1, 0.15) is 17.4 Å². The van der Waals surface area contributed by atoms with Gasteiger partial charge in [-0.05, 0) is 17.7 Å². The van der Waals surface area contributed by atoms with Gasteiger partial charge in [-0.2, -0.15) is 0 Å². The second-order valence-electron chi connectivity index (χ2n) is 3.82. The zero-order valence-electron chi connectivity index (χ0n) is 9.88. The summed E-state index contributed by atoms with van der Waals surface area (Å²) in [4.78, 5) is 8.04. The lowest BCUT2D eigenvalue weighted by atomic mass is 10.1. The Labute approximate surface area is 114 Å². The highest BCUT2D eigenvalue weighted by atomic mass is 79.9. The van der Waals surface area contributed by atoms with E-state index in [-0.39, 0.29) is 0 Å². The Hall–Kier alpha value is -1.46. The molecule has 18 heavy (non-hydrogen) atoms. The molecule has 0 amide bonds. The summed E-state index contributed by atoms with van der Waals surface area (Å²) in [5.41, 5.74) is 1.60. The molecule has 1 unspecified atom stereocenters. The molecule has 0 aliphatic rings. The van der Waals surface area contributed by atoms with Crippen molar-refractivity contribution in [3.63, 3.8) is 0 Å². The number of aromatic nitrogens is 2. The Balaban J connectivity index is 2.10. The predicted molar refractivity (Wildman–Crippen MR) is 71.4 cm³/mol. The monoisotopic (exact) mass is 308 g/mol. The standard InChI is InChI=1S/C13H13BrN2O2/c1-18-13-7-11(15-8-16-13)6-12(17)9-2-4-10(14)5-3-9/h2-5,7-8,12,17H,6H2,1H3. The number of ether oxygens (including phenoxy) is 1. The lowest BCUT2D eigenvalue weighted by molar-refractivity contribution is 0.177. The molecule has 1 N–H and O–H groups in total. The molecule has 2 rings (SSSR count). The van der Waals surface area contributed by atoms with Crippen LogP contribution in [0.2, 0.25) is 0 Å². The predicted octanol–water partition coefficient (Wildman–Crippen LogP) is 2.52. The molecule has 0 bridgehead atoms. The van der Waals surface area contributed by atoms with Gasteiger partial charge in [0.25, 0.3) is 0 Å². The summed E-state index contributed by atoms with van der Waals surface area (Å²) in [7, 11) is 1.55. The van der Waals surface area contributed by atoms with Gasteiger partial charge in [-0.3, -0.25) is 0 Å². The van der Waals surface area contributed by atoms with Gasteiger partial charge in [-0.15, -0.1) is 0 Å². The van der Waals surface area contributed by atoms with Crippen molar-refractivity contribution in [1.82, 2.24) is 9.97 Å². The number of halogens is 1. The third-order valence-electron chi connectivity index (χ3n) is 2.57. The average Bonchev–Trinajstić information content (AvgIpc) is 2.39. The first-order chi connectivity index (χ1) is 8.69. The third kappa shape index (κ3) is 3.27. The summed E-state index contributed by atoms with van der Waals surface area (Å²) in [5.74, 6) is 0.503. The van der Waals surface area contributed by atoms with Gasteiger partial charge >= 0.3 is 0 Å². The largest absolute Gasteiger partial charge is 0.481 e.